The van der Waals surface area contributed by atoms with Gasteiger partial charge >= 0.3 is 0 Å². The van der Waals surface area contributed by atoms with Gasteiger partial charge in [0.2, 0.25) is 10.0 Å². The third-order valence-corrected chi connectivity index (χ3v) is 7.80. The van der Waals surface area contributed by atoms with Crippen molar-refractivity contribution >= 4 is 31.8 Å². The Bertz CT molecular complexity index is 1180. The highest BCUT2D eigenvalue weighted by atomic mass is 79.9. The van der Waals surface area contributed by atoms with E-state index >= 15 is 0 Å². The highest BCUT2D eigenvalue weighted by Crippen LogP contribution is 2.31. The zero-order valence-corrected chi connectivity index (χ0v) is 20.4. The second-order valence-electron chi connectivity index (χ2n) is 7.56. The molecule has 1 aliphatic rings. The Morgan fingerprint density at radius 1 is 0.969 bits per heavy atom. The van der Waals surface area contributed by atoms with Gasteiger partial charge in [-0.15, -0.1) is 10.2 Å². The number of piperazine rings is 1. The van der Waals surface area contributed by atoms with Crippen LogP contribution in [0.15, 0.2) is 64.0 Å². The van der Waals surface area contributed by atoms with Crippen LogP contribution < -0.4 is 9.64 Å². The number of nitrogens with zero attached hydrogens (tertiary/aromatic N) is 4. The van der Waals surface area contributed by atoms with Crippen LogP contribution in [-0.4, -0.2) is 55.7 Å². The smallest absolute Gasteiger partial charge is 0.246 e. The summed E-state index contributed by atoms with van der Waals surface area (Å²) in [5.41, 5.74) is 3.03. The Morgan fingerprint density at radius 3 is 2.31 bits per heavy atom. The van der Waals surface area contributed by atoms with Crippen LogP contribution in [0.1, 0.15) is 12.5 Å². The van der Waals surface area contributed by atoms with E-state index in [2.05, 4.69) is 31.0 Å². The van der Waals surface area contributed by atoms with E-state index in [-0.39, 0.29) is 4.90 Å². The van der Waals surface area contributed by atoms with Crippen molar-refractivity contribution in [3.8, 4) is 17.0 Å². The third-order valence-electron chi connectivity index (χ3n) is 5.38. The number of hydrogen-bond donors (Lipinski definition) is 0. The number of ether oxygens (including phenoxy) is 1. The number of hydrogen-bond acceptors (Lipinski definition) is 6. The van der Waals surface area contributed by atoms with Crippen LogP contribution in [0, 0.1) is 6.92 Å². The second kappa shape index (κ2) is 9.56. The Labute approximate surface area is 197 Å². The average Bonchev–Trinajstić information content (AvgIpc) is 2.81. The van der Waals surface area contributed by atoms with Crippen molar-refractivity contribution in [3.05, 3.63) is 64.6 Å². The van der Waals surface area contributed by atoms with Crippen LogP contribution in [0.25, 0.3) is 11.3 Å². The van der Waals surface area contributed by atoms with E-state index in [0.29, 0.717) is 43.0 Å². The summed E-state index contributed by atoms with van der Waals surface area (Å²) < 4.78 is 34.3. The number of anilines is 1. The lowest BCUT2D eigenvalue weighted by Gasteiger charge is -2.34. The topological polar surface area (TPSA) is 75.6 Å². The Balaban J connectivity index is 1.46. The second-order valence-corrected chi connectivity index (χ2v) is 10.4. The molecule has 0 saturated carbocycles. The molecular formula is C23H25BrN4O3S. The lowest BCUT2D eigenvalue weighted by atomic mass is 10.1. The molecule has 7 nitrogen and oxygen atoms in total. The molecule has 0 unspecified atom stereocenters. The quantitative estimate of drug-likeness (QED) is 0.490. The highest BCUT2D eigenvalue weighted by Gasteiger charge is 2.31. The van der Waals surface area contributed by atoms with Crippen molar-refractivity contribution in [2.45, 2.75) is 18.7 Å². The molecule has 4 rings (SSSR count). The summed E-state index contributed by atoms with van der Waals surface area (Å²) >= 11 is 3.37. The molecule has 2 heterocycles. The molecule has 0 atom stereocenters. The predicted molar refractivity (Wildman–Crippen MR) is 128 cm³/mol. The summed E-state index contributed by atoms with van der Waals surface area (Å²) in [6.45, 7) is 6.08. The van der Waals surface area contributed by atoms with E-state index in [1.54, 1.807) is 18.2 Å². The normalized spacial score (nSPS) is 15.0. The molecule has 3 aromatic rings. The van der Waals surface area contributed by atoms with Gasteiger partial charge in [-0.05, 0) is 44.2 Å². The lowest BCUT2D eigenvalue weighted by molar-refractivity contribution is 0.327. The van der Waals surface area contributed by atoms with Crippen LogP contribution in [0.4, 0.5) is 5.82 Å². The molecular weight excluding hydrogens is 492 g/mol. The van der Waals surface area contributed by atoms with E-state index in [1.165, 1.54) is 9.87 Å². The van der Waals surface area contributed by atoms with Crippen LogP contribution in [0.5, 0.6) is 5.75 Å². The predicted octanol–water partition coefficient (Wildman–Crippen LogP) is 4.12. The van der Waals surface area contributed by atoms with Gasteiger partial charge in [0.15, 0.2) is 5.82 Å². The molecule has 1 saturated heterocycles. The molecule has 0 radical (unpaired) electrons. The number of aryl methyl sites for hydroxylation is 1. The molecule has 0 amide bonds. The van der Waals surface area contributed by atoms with Gasteiger partial charge in [0.1, 0.15) is 10.6 Å². The molecule has 168 valence electrons. The first-order valence-corrected chi connectivity index (χ1v) is 12.7. The first kappa shape index (κ1) is 22.7. The van der Waals surface area contributed by atoms with Crippen molar-refractivity contribution in [2.24, 2.45) is 0 Å². The highest BCUT2D eigenvalue weighted by molar-refractivity contribution is 9.10. The Kier molecular flexibility index (Phi) is 6.78. The molecule has 0 N–H and O–H groups in total. The van der Waals surface area contributed by atoms with Gasteiger partial charge in [0.25, 0.3) is 0 Å². The van der Waals surface area contributed by atoms with Gasteiger partial charge in [-0.1, -0.05) is 45.8 Å². The van der Waals surface area contributed by atoms with E-state index < -0.39 is 10.0 Å². The minimum absolute atomic E-state index is 0.185. The monoisotopic (exact) mass is 516 g/mol. The number of halogens is 1. The first-order valence-electron chi connectivity index (χ1n) is 10.5. The molecule has 1 aliphatic heterocycles. The van der Waals surface area contributed by atoms with Crippen LogP contribution in [-0.2, 0) is 10.0 Å². The van der Waals surface area contributed by atoms with Gasteiger partial charge in [-0.2, -0.15) is 4.31 Å². The zero-order chi connectivity index (χ0) is 22.7. The number of benzene rings is 2. The molecule has 32 heavy (non-hydrogen) atoms. The fraction of sp³-hybridized carbons (Fsp3) is 0.304. The third kappa shape index (κ3) is 4.79. The summed E-state index contributed by atoms with van der Waals surface area (Å²) in [6.07, 6.45) is 0. The molecule has 9 heteroatoms. The molecule has 0 aliphatic carbocycles. The summed E-state index contributed by atoms with van der Waals surface area (Å²) in [5, 5.41) is 8.74. The van der Waals surface area contributed by atoms with Crippen molar-refractivity contribution < 1.29 is 13.2 Å². The number of sulfonamides is 1. The van der Waals surface area contributed by atoms with E-state index in [0.717, 1.165) is 17.1 Å². The van der Waals surface area contributed by atoms with Crippen molar-refractivity contribution in [2.75, 3.05) is 37.7 Å². The van der Waals surface area contributed by atoms with Crippen molar-refractivity contribution in [1.82, 2.24) is 14.5 Å². The van der Waals surface area contributed by atoms with Gasteiger partial charge in [0, 0.05) is 36.2 Å². The fourth-order valence-electron chi connectivity index (χ4n) is 3.63. The SMILES string of the molecule is CCOc1ccc(Br)cc1S(=O)(=O)N1CCN(c2ccc(-c3ccc(C)cc3)nn2)CC1. The maximum absolute atomic E-state index is 13.3. The van der Waals surface area contributed by atoms with E-state index in [4.69, 9.17) is 4.74 Å². The average molecular weight is 517 g/mol. The molecule has 0 spiro atoms. The van der Waals surface area contributed by atoms with E-state index in [1.807, 2.05) is 50.2 Å². The van der Waals surface area contributed by atoms with Crippen LogP contribution in [0.2, 0.25) is 0 Å². The Hall–Kier alpha value is -2.49. The largest absolute Gasteiger partial charge is 0.492 e. The van der Waals surface area contributed by atoms with Gasteiger partial charge in [-0.3, -0.25) is 0 Å². The molecule has 1 aromatic heterocycles. The minimum atomic E-state index is -3.67. The maximum atomic E-state index is 13.3. The van der Waals surface area contributed by atoms with Crippen molar-refractivity contribution in [3.63, 3.8) is 0 Å². The first-order chi connectivity index (χ1) is 15.4. The summed E-state index contributed by atoms with van der Waals surface area (Å²) in [6, 6.07) is 17.1. The van der Waals surface area contributed by atoms with E-state index in [9.17, 15) is 8.42 Å². The fourth-order valence-corrected chi connectivity index (χ4v) is 5.72. The minimum Gasteiger partial charge on any atom is -0.492 e. The summed E-state index contributed by atoms with van der Waals surface area (Å²) in [4.78, 5) is 2.24. The summed E-state index contributed by atoms with van der Waals surface area (Å²) in [5.74, 6) is 1.12. The maximum Gasteiger partial charge on any atom is 0.246 e. The Morgan fingerprint density at radius 2 is 1.69 bits per heavy atom. The van der Waals surface area contributed by atoms with Crippen LogP contribution >= 0.6 is 15.9 Å². The summed E-state index contributed by atoms with van der Waals surface area (Å²) in [7, 11) is -3.67. The molecule has 2 aromatic carbocycles. The number of rotatable bonds is 6. The lowest BCUT2D eigenvalue weighted by Crippen LogP contribution is -2.49. The van der Waals surface area contributed by atoms with Crippen molar-refractivity contribution in [1.29, 1.82) is 0 Å². The standard InChI is InChI=1S/C23H25BrN4O3S/c1-3-31-21-10-8-19(24)16-22(21)32(29,30)28-14-12-27(13-15-28)23-11-9-20(25-26-23)18-6-4-17(2)5-7-18/h4-11,16H,3,12-15H2,1-2H3. The van der Waals surface area contributed by atoms with Gasteiger partial charge in [0.05, 0.1) is 12.3 Å². The number of aromatic nitrogens is 2. The van der Waals surface area contributed by atoms with Gasteiger partial charge in [-0.25, -0.2) is 8.42 Å². The molecule has 0 bridgehead atoms. The van der Waals surface area contributed by atoms with Crippen LogP contribution in [0.3, 0.4) is 0 Å². The van der Waals surface area contributed by atoms with Gasteiger partial charge < -0.3 is 9.64 Å². The zero-order valence-electron chi connectivity index (χ0n) is 18.0. The molecule has 1 fully saturated rings.